The van der Waals surface area contributed by atoms with E-state index in [0.717, 1.165) is 29.1 Å². The average Bonchev–Trinajstić information content (AvgIpc) is 3.69. The third-order valence-corrected chi connectivity index (χ3v) is 9.36. The number of aliphatic hydroxyl groups is 1. The van der Waals surface area contributed by atoms with E-state index in [4.69, 9.17) is 0 Å². The lowest BCUT2D eigenvalue weighted by Crippen LogP contribution is -2.30. The van der Waals surface area contributed by atoms with Gasteiger partial charge in [-0.2, -0.15) is 0 Å². The highest BCUT2D eigenvalue weighted by Gasteiger charge is 2.33. The molecule has 4 aromatic rings. The first-order valence-electron chi connectivity index (χ1n) is 15.5. The molecule has 1 fully saturated rings. The molecule has 46 heavy (non-hydrogen) atoms. The first kappa shape index (κ1) is 33.3. The van der Waals surface area contributed by atoms with Crippen molar-refractivity contribution in [1.29, 1.82) is 0 Å². The van der Waals surface area contributed by atoms with Gasteiger partial charge in [0.25, 0.3) is 5.91 Å². The summed E-state index contributed by atoms with van der Waals surface area (Å²) in [6, 6.07) is 22.2. The van der Waals surface area contributed by atoms with Crippen molar-refractivity contribution in [3.05, 3.63) is 117 Å². The molecule has 3 atom stereocenters. The zero-order chi connectivity index (χ0) is 32.7. The lowest BCUT2D eigenvalue weighted by molar-refractivity contribution is -0.274. The number of ketones is 1. The number of hydrogen-bond donors (Lipinski definition) is 1. The number of alkyl halides is 3. The molecule has 5 rings (SSSR count). The van der Waals surface area contributed by atoms with E-state index in [1.807, 2.05) is 47.5 Å². The lowest BCUT2D eigenvalue weighted by Gasteiger charge is -2.24. The summed E-state index contributed by atoms with van der Waals surface area (Å²) < 4.78 is 41.9. The molecule has 1 aliphatic rings. The van der Waals surface area contributed by atoms with Crippen molar-refractivity contribution in [3.8, 4) is 5.75 Å². The molecule has 0 radical (unpaired) electrons. The molecule has 0 bridgehead atoms. The Kier molecular flexibility index (Phi) is 10.9. The second kappa shape index (κ2) is 15.0. The minimum absolute atomic E-state index is 0.0735. The summed E-state index contributed by atoms with van der Waals surface area (Å²) in [7, 11) is 0. The first-order chi connectivity index (χ1) is 22.1. The number of aliphatic hydroxyl groups excluding tert-OH is 1. The summed E-state index contributed by atoms with van der Waals surface area (Å²) in [5.41, 5.74) is 3.44. The van der Waals surface area contributed by atoms with Crippen LogP contribution in [0.4, 0.5) is 13.2 Å². The van der Waals surface area contributed by atoms with Gasteiger partial charge in [0.05, 0.1) is 12.1 Å². The van der Waals surface area contributed by atoms with E-state index in [2.05, 4.69) is 9.72 Å². The Morgan fingerprint density at radius 1 is 1.02 bits per heavy atom. The molecule has 1 N–H and O–H groups in total. The molecule has 1 aliphatic heterocycles. The minimum atomic E-state index is -4.77. The predicted molar refractivity (Wildman–Crippen MR) is 171 cm³/mol. The number of rotatable bonds is 13. The van der Waals surface area contributed by atoms with Gasteiger partial charge in [-0.3, -0.25) is 9.59 Å². The van der Waals surface area contributed by atoms with Crippen LogP contribution < -0.4 is 4.74 Å². The third-order valence-electron chi connectivity index (χ3n) is 8.30. The fraction of sp³-hybridized carbons (Fsp3) is 0.361. The standard InChI is InChI=1S/C36H37F3N2O4S/c1-24-23-46-34(40-24)31-16-8-18-41(31)35(44)28-14-7-13-27(21-28)33(43)22-29(19-25-9-3-2-4-10-25)32(42)17-6-12-26-11-5-15-30(20-26)45-36(37,38)39/h2-5,7,9-11,13-15,20-21,23,29,31-32,42H,6,8,12,16-19,22H2,1H3/t29-,31-,32-/m1/s1. The number of carbonyl (C=O) groups is 2. The summed E-state index contributed by atoms with van der Waals surface area (Å²) in [6.45, 7) is 2.57. The van der Waals surface area contributed by atoms with Crippen LogP contribution in [-0.2, 0) is 12.8 Å². The number of aryl methyl sites for hydroxylation is 2. The second-order valence-corrected chi connectivity index (χ2v) is 12.7. The predicted octanol–water partition coefficient (Wildman–Crippen LogP) is 8.14. The summed E-state index contributed by atoms with van der Waals surface area (Å²) in [5, 5.41) is 14.2. The molecule has 0 saturated carbocycles. The molecule has 1 amide bonds. The molecular formula is C36H37F3N2O4S. The number of thiazole rings is 1. The molecule has 3 aromatic carbocycles. The van der Waals surface area contributed by atoms with E-state index in [1.165, 1.54) is 18.2 Å². The van der Waals surface area contributed by atoms with Crippen molar-refractivity contribution in [1.82, 2.24) is 9.88 Å². The van der Waals surface area contributed by atoms with E-state index < -0.39 is 18.4 Å². The van der Waals surface area contributed by atoms with Gasteiger partial charge in [0, 0.05) is 35.2 Å². The zero-order valence-corrected chi connectivity index (χ0v) is 26.4. The molecule has 0 aliphatic carbocycles. The van der Waals surface area contributed by atoms with Crippen LogP contribution >= 0.6 is 11.3 Å². The number of aromatic nitrogens is 1. The van der Waals surface area contributed by atoms with Crippen LogP contribution in [0.2, 0.25) is 0 Å². The maximum Gasteiger partial charge on any atom is 0.573 e. The number of hydrogen-bond acceptors (Lipinski definition) is 6. The second-order valence-electron chi connectivity index (χ2n) is 11.8. The zero-order valence-electron chi connectivity index (χ0n) is 25.6. The number of amides is 1. The van der Waals surface area contributed by atoms with Gasteiger partial charge in [-0.15, -0.1) is 24.5 Å². The minimum Gasteiger partial charge on any atom is -0.406 e. The normalized spacial score (nSPS) is 16.3. The maximum absolute atomic E-state index is 13.6. The van der Waals surface area contributed by atoms with Crippen LogP contribution in [0.3, 0.4) is 0 Å². The van der Waals surface area contributed by atoms with Gasteiger partial charge in [-0.1, -0.05) is 54.6 Å². The average molecular weight is 651 g/mol. The van der Waals surface area contributed by atoms with Gasteiger partial charge in [-0.25, -0.2) is 4.98 Å². The third kappa shape index (κ3) is 9.04. The smallest absolute Gasteiger partial charge is 0.406 e. The number of ether oxygens (including phenoxy) is 1. The van der Waals surface area contributed by atoms with Gasteiger partial charge in [0.2, 0.25) is 0 Å². The van der Waals surface area contributed by atoms with Gasteiger partial charge < -0.3 is 14.7 Å². The molecular weight excluding hydrogens is 613 g/mol. The van der Waals surface area contributed by atoms with Crippen molar-refractivity contribution in [2.75, 3.05) is 6.54 Å². The topological polar surface area (TPSA) is 79.7 Å². The van der Waals surface area contributed by atoms with Crippen molar-refractivity contribution in [2.24, 2.45) is 5.92 Å². The SMILES string of the molecule is Cc1csc([C@H]2CCCN2C(=O)c2cccc(C(=O)C[C@@H](Cc3ccccc3)[C@H](O)CCCc3cccc(OC(F)(F)F)c3)c2)n1. The monoisotopic (exact) mass is 650 g/mol. The fourth-order valence-corrected chi connectivity index (χ4v) is 6.99. The van der Waals surface area contributed by atoms with Crippen LogP contribution in [0.5, 0.6) is 5.75 Å². The summed E-state index contributed by atoms with van der Waals surface area (Å²) >= 11 is 1.56. The van der Waals surface area contributed by atoms with Crippen molar-refractivity contribution >= 4 is 23.0 Å². The molecule has 1 saturated heterocycles. The largest absolute Gasteiger partial charge is 0.573 e. The fourth-order valence-electron chi connectivity index (χ4n) is 6.05. The summed E-state index contributed by atoms with van der Waals surface area (Å²) in [6.07, 6.45) is -1.98. The number of halogens is 3. The number of benzene rings is 3. The van der Waals surface area contributed by atoms with Crippen LogP contribution in [0.15, 0.2) is 84.2 Å². The molecule has 1 aromatic heterocycles. The summed E-state index contributed by atoms with van der Waals surface area (Å²) in [4.78, 5) is 33.7. The Hall–Kier alpha value is -4.02. The van der Waals surface area contributed by atoms with E-state index in [9.17, 15) is 27.9 Å². The van der Waals surface area contributed by atoms with Crippen LogP contribution in [0, 0.1) is 12.8 Å². The Morgan fingerprint density at radius 2 is 1.76 bits per heavy atom. The Balaban J connectivity index is 1.25. The van der Waals surface area contributed by atoms with Crippen molar-refractivity contribution in [3.63, 3.8) is 0 Å². The first-order valence-corrected chi connectivity index (χ1v) is 16.4. The maximum atomic E-state index is 13.6. The highest BCUT2D eigenvalue weighted by Crippen LogP contribution is 2.35. The Morgan fingerprint density at radius 3 is 2.50 bits per heavy atom. The van der Waals surface area contributed by atoms with Gasteiger partial charge in [0.15, 0.2) is 5.78 Å². The van der Waals surface area contributed by atoms with Crippen LogP contribution in [-0.4, -0.2) is 45.7 Å². The molecule has 0 unspecified atom stereocenters. The lowest BCUT2D eigenvalue weighted by atomic mass is 9.85. The number of nitrogens with zero attached hydrogens (tertiary/aromatic N) is 2. The van der Waals surface area contributed by atoms with Gasteiger partial charge in [-0.05, 0) is 86.8 Å². The van der Waals surface area contributed by atoms with Gasteiger partial charge in [0.1, 0.15) is 10.8 Å². The van der Waals surface area contributed by atoms with Crippen molar-refractivity contribution < 1.29 is 32.6 Å². The highest BCUT2D eigenvalue weighted by atomic mass is 32.1. The van der Waals surface area contributed by atoms with Crippen molar-refractivity contribution in [2.45, 2.75) is 70.4 Å². The van der Waals surface area contributed by atoms with Gasteiger partial charge >= 0.3 is 6.36 Å². The molecule has 242 valence electrons. The van der Waals surface area contributed by atoms with E-state index >= 15 is 0 Å². The number of Topliss-reactive ketones (excluding diaryl/α,β-unsaturated/α-hetero) is 1. The van der Waals surface area contributed by atoms with E-state index in [0.29, 0.717) is 48.9 Å². The molecule has 2 heterocycles. The summed E-state index contributed by atoms with van der Waals surface area (Å²) in [5.74, 6) is -0.974. The highest BCUT2D eigenvalue weighted by molar-refractivity contribution is 7.09. The molecule has 0 spiro atoms. The Labute approximate surface area is 270 Å². The Bertz CT molecular complexity index is 1620. The van der Waals surface area contributed by atoms with Crippen LogP contribution in [0.25, 0.3) is 0 Å². The van der Waals surface area contributed by atoms with E-state index in [1.54, 1.807) is 41.7 Å². The van der Waals surface area contributed by atoms with Crippen LogP contribution in [0.1, 0.15) is 80.7 Å². The molecule has 6 nitrogen and oxygen atoms in total. The quantitative estimate of drug-likeness (QED) is 0.148. The van der Waals surface area contributed by atoms with E-state index in [-0.39, 0.29) is 29.9 Å². The number of likely N-dealkylation sites (tertiary alicyclic amines) is 1. The molecule has 10 heteroatoms. The number of carbonyl (C=O) groups excluding carboxylic acids is 2.